The molecule has 0 radical (unpaired) electrons. The van der Waals surface area contributed by atoms with Crippen LogP contribution in [-0.2, 0) is 9.53 Å². The summed E-state index contributed by atoms with van der Waals surface area (Å²) in [7, 11) is 0. The minimum Gasteiger partial charge on any atom is -0.460 e. The van der Waals surface area contributed by atoms with Gasteiger partial charge in [-0.15, -0.1) is 11.3 Å². The van der Waals surface area contributed by atoms with Crippen molar-refractivity contribution in [3.8, 4) is 0 Å². The number of carbonyl (C=O) groups is 2. The van der Waals surface area contributed by atoms with Crippen LogP contribution in [0.1, 0.15) is 76.9 Å². The van der Waals surface area contributed by atoms with Crippen molar-refractivity contribution in [2.24, 2.45) is 5.92 Å². The highest BCUT2D eigenvalue weighted by Crippen LogP contribution is 2.28. The van der Waals surface area contributed by atoms with Gasteiger partial charge in [-0.1, -0.05) is 26.7 Å². The molecular formula is C18H29BrO3S. The average Bonchev–Trinajstić information content (AvgIpc) is 2.82. The van der Waals surface area contributed by atoms with E-state index in [1.807, 2.05) is 32.2 Å². The molecule has 0 fully saturated rings. The quantitative estimate of drug-likeness (QED) is 0.415. The molecule has 0 amide bonds. The molecule has 3 nitrogen and oxygen atoms in total. The van der Waals surface area contributed by atoms with Gasteiger partial charge in [0.05, 0.1) is 4.88 Å². The van der Waals surface area contributed by atoms with Crippen LogP contribution in [0.3, 0.4) is 0 Å². The molecule has 0 saturated heterocycles. The number of Topliss-reactive ketones (excluding diaryl/α,β-unsaturated/α-hetero) is 1. The van der Waals surface area contributed by atoms with Gasteiger partial charge in [0.2, 0.25) is 0 Å². The summed E-state index contributed by atoms with van der Waals surface area (Å²) in [6.07, 6.45) is 4.19. The third kappa shape index (κ3) is 9.92. The average molecular weight is 405 g/mol. The number of hydrogen-bond acceptors (Lipinski definition) is 4. The number of thiophene rings is 1. The molecule has 0 aliphatic heterocycles. The van der Waals surface area contributed by atoms with Gasteiger partial charge in [0.15, 0.2) is 5.78 Å². The molecule has 0 N–H and O–H groups in total. The second-order valence-electron chi connectivity index (χ2n) is 6.44. The van der Waals surface area contributed by atoms with Crippen LogP contribution >= 0.6 is 27.3 Å². The Morgan fingerprint density at radius 3 is 2.00 bits per heavy atom. The predicted molar refractivity (Wildman–Crippen MR) is 101 cm³/mol. The minimum absolute atomic E-state index is 0.218. The molecule has 1 heterocycles. The van der Waals surface area contributed by atoms with Crippen LogP contribution in [0.2, 0.25) is 0 Å². The summed E-state index contributed by atoms with van der Waals surface area (Å²) in [5, 5.41) is 1.96. The van der Waals surface area contributed by atoms with Crippen molar-refractivity contribution in [1.29, 1.82) is 0 Å². The van der Waals surface area contributed by atoms with Crippen LogP contribution in [0.15, 0.2) is 15.9 Å². The maximum absolute atomic E-state index is 12.2. The molecule has 23 heavy (non-hydrogen) atoms. The molecule has 1 rings (SSSR count). The second kappa shape index (κ2) is 11.0. The zero-order chi connectivity index (χ0) is 18.0. The fraction of sp³-hybridized carbons (Fsp3) is 0.667. The number of ketones is 1. The number of rotatable bonds is 6. The lowest BCUT2D eigenvalue weighted by atomic mass is 9.93. The number of hydrogen-bond donors (Lipinski definition) is 0. The zero-order valence-corrected chi connectivity index (χ0v) is 17.5. The molecule has 5 heteroatoms. The van der Waals surface area contributed by atoms with Crippen LogP contribution < -0.4 is 0 Å². The topological polar surface area (TPSA) is 43.4 Å². The van der Waals surface area contributed by atoms with Crippen molar-refractivity contribution in [2.75, 3.05) is 0 Å². The molecule has 132 valence electrons. The molecule has 0 atom stereocenters. The lowest BCUT2D eigenvalue weighted by Crippen LogP contribution is -2.21. The molecule has 0 aliphatic carbocycles. The maximum Gasteiger partial charge on any atom is 0.303 e. The highest BCUT2D eigenvalue weighted by Gasteiger charge is 2.21. The summed E-state index contributed by atoms with van der Waals surface area (Å²) in [6.45, 7) is 11.2. The predicted octanol–water partition coefficient (Wildman–Crippen LogP) is 6.26. The van der Waals surface area contributed by atoms with E-state index in [0.29, 0.717) is 5.78 Å². The van der Waals surface area contributed by atoms with Gasteiger partial charge in [-0.05, 0) is 61.0 Å². The van der Waals surface area contributed by atoms with E-state index < -0.39 is 0 Å². The smallest absolute Gasteiger partial charge is 0.303 e. The summed E-state index contributed by atoms with van der Waals surface area (Å²) in [4.78, 5) is 23.3. The molecule has 0 aliphatic rings. The van der Waals surface area contributed by atoms with Crippen LogP contribution in [-0.4, -0.2) is 17.4 Å². The first-order valence-corrected chi connectivity index (χ1v) is 9.76. The Kier molecular flexibility index (Phi) is 10.7. The van der Waals surface area contributed by atoms with Crippen molar-refractivity contribution in [1.82, 2.24) is 0 Å². The second-order valence-corrected chi connectivity index (χ2v) is 8.21. The molecule has 0 spiro atoms. The van der Waals surface area contributed by atoms with Gasteiger partial charge in [-0.3, -0.25) is 9.59 Å². The molecule has 0 saturated carbocycles. The van der Waals surface area contributed by atoms with E-state index in [0.717, 1.165) is 35.0 Å². The Balaban J connectivity index is 0.000000515. The van der Waals surface area contributed by atoms with Crippen LogP contribution in [0.4, 0.5) is 0 Å². The molecule has 0 unspecified atom stereocenters. The van der Waals surface area contributed by atoms with Crippen molar-refractivity contribution in [2.45, 2.75) is 72.8 Å². The van der Waals surface area contributed by atoms with Crippen molar-refractivity contribution in [3.63, 3.8) is 0 Å². The van der Waals surface area contributed by atoms with E-state index in [-0.39, 0.29) is 17.5 Å². The molecule has 1 aromatic heterocycles. The first-order chi connectivity index (χ1) is 10.6. The Hall–Kier alpha value is -0.680. The molecule has 0 aromatic carbocycles. The highest BCUT2D eigenvalue weighted by molar-refractivity contribution is 9.10. The van der Waals surface area contributed by atoms with E-state index in [9.17, 15) is 9.59 Å². The van der Waals surface area contributed by atoms with Gasteiger partial charge in [0, 0.05) is 17.3 Å². The Morgan fingerprint density at radius 1 is 1.22 bits per heavy atom. The molecule has 0 bridgehead atoms. The third-order valence-electron chi connectivity index (χ3n) is 2.94. The van der Waals surface area contributed by atoms with Gasteiger partial charge >= 0.3 is 5.97 Å². The molecule has 1 aromatic rings. The summed E-state index contributed by atoms with van der Waals surface area (Å²) >= 11 is 4.97. The van der Waals surface area contributed by atoms with E-state index in [1.54, 1.807) is 11.3 Å². The van der Waals surface area contributed by atoms with E-state index in [2.05, 4.69) is 29.8 Å². The zero-order valence-electron chi connectivity index (χ0n) is 15.1. The minimum atomic E-state index is -0.328. The van der Waals surface area contributed by atoms with Gasteiger partial charge in [-0.25, -0.2) is 0 Å². The maximum atomic E-state index is 12.2. The van der Waals surface area contributed by atoms with Crippen LogP contribution in [0.5, 0.6) is 0 Å². The van der Waals surface area contributed by atoms with Gasteiger partial charge in [0.1, 0.15) is 5.60 Å². The lowest BCUT2D eigenvalue weighted by molar-refractivity contribution is -0.151. The number of ether oxygens (including phenoxy) is 1. The first kappa shape index (κ1) is 22.3. The summed E-state index contributed by atoms with van der Waals surface area (Å²) < 4.78 is 5.75. The van der Waals surface area contributed by atoms with E-state index in [1.165, 1.54) is 6.92 Å². The Bertz CT molecular complexity index is 483. The van der Waals surface area contributed by atoms with Crippen molar-refractivity contribution < 1.29 is 14.3 Å². The van der Waals surface area contributed by atoms with Gasteiger partial charge in [-0.2, -0.15) is 0 Å². The van der Waals surface area contributed by atoms with Crippen molar-refractivity contribution in [3.05, 3.63) is 20.8 Å². The Morgan fingerprint density at radius 2 is 1.74 bits per heavy atom. The SMILES string of the molecule is CC(=O)OC(C)(C)C.CCCC(CCC)C(=O)c1sccc1Br. The van der Waals surface area contributed by atoms with Gasteiger partial charge in [0.25, 0.3) is 0 Å². The highest BCUT2D eigenvalue weighted by atomic mass is 79.9. The number of halogens is 1. The number of carbonyl (C=O) groups excluding carboxylic acids is 2. The normalized spacial score (nSPS) is 11.0. The fourth-order valence-electron chi connectivity index (χ4n) is 2.19. The van der Waals surface area contributed by atoms with E-state index >= 15 is 0 Å². The van der Waals surface area contributed by atoms with Crippen molar-refractivity contribution >= 4 is 39.0 Å². The van der Waals surface area contributed by atoms with Gasteiger partial charge < -0.3 is 4.74 Å². The Labute approximate surface area is 152 Å². The fourth-order valence-corrected chi connectivity index (χ4v) is 3.78. The summed E-state index contributed by atoms with van der Waals surface area (Å²) in [5.41, 5.74) is -0.328. The lowest BCUT2D eigenvalue weighted by Gasteiger charge is -2.17. The third-order valence-corrected chi connectivity index (χ3v) is 4.79. The van der Waals surface area contributed by atoms with Crippen LogP contribution in [0.25, 0.3) is 0 Å². The standard InChI is InChI=1S/C12H17BrOS.C6H12O2/c1-3-5-9(6-4-2)11(14)12-10(13)7-8-15-12;1-5(7)8-6(2,3)4/h7-9H,3-6H2,1-2H3;1-4H3. The largest absolute Gasteiger partial charge is 0.460 e. The number of esters is 1. The first-order valence-electron chi connectivity index (χ1n) is 8.09. The monoisotopic (exact) mass is 404 g/mol. The van der Waals surface area contributed by atoms with E-state index in [4.69, 9.17) is 4.74 Å². The summed E-state index contributed by atoms with van der Waals surface area (Å²) in [6, 6.07) is 1.95. The summed E-state index contributed by atoms with van der Waals surface area (Å²) in [5.74, 6) is 0.313. The van der Waals surface area contributed by atoms with Crippen LogP contribution in [0, 0.1) is 5.92 Å². The molecular weight excluding hydrogens is 376 g/mol.